The highest BCUT2D eigenvalue weighted by Crippen LogP contribution is 2.64. The van der Waals surface area contributed by atoms with Gasteiger partial charge in [-0.2, -0.15) is 0 Å². The molecule has 20 heteroatoms. The van der Waals surface area contributed by atoms with Crippen molar-refractivity contribution < 1.29 is 81.7 Å². The summed E-state index contributed by atoms with van der Waals surface area (Å²) in [6, 6.07) is 28.6. The molecule has 2 amide bonds. The molecule has 3 saturated heterocycles. The molecule has 10 rings (SSSR count). The van der Waals surface area contributed by atoms with Crippen molar-refractivity contribution in [3.05, 3.63) is 149 Å². The summed E-state index contributed by atoms with van der Waals surface area (Å²) in [5.41, 5.74) is -7.76. The number of benzene rings is 4. The lowest BCUT2D eigenvalue weighted by Crippen LogP contribution is -2.82. The fourth-order valence-corrected chi connectivity index (χ4v) is 14.0. The number of hydrogen-bond donors (Lipinski definition) is 3. The summed E-state index contributed by atoms with van der Waals surface area (Å²) in [6.07, 6.45) is -6.39. The van der Waals surface area contributed by atoms with Crippen LogP contribution in [-0.4, -0.2) is 154 Å². The Kier molecular flexibility index (Phi) is 17.3. The van der Waals surface area contributed by atoms with E-state index in [4.69, 9.17) is 33.2 Å². The van der Waals surface area contributed by atoms with E-state index in [-0.39, 0.29) is 46.6 Å². The smallest absolute Gasteiger partial charge is 0.415 e. The summed E-state index contributed by atoms with van der Waals surface area (Å²) in [5, 5.41) is 29.3. The highest BCUT2D eigenvalue weighted by molar-refractivity contribution is 5.97. The minimum atomic E-state index is -2.51. The Morgan fingerprint density at radius 2 is 1.32 bits per heavy atom. The van der Waals surface area contributed by atoms with Gasteiger partial charge in [-0.1, -0.05) is 87.0 Å². The van der Waals surface area contributed by atoms with E-state index in [9.17, 15) is 39.0 Å². The number of aliphatic hydroxyl groups excluding tert-OH is 1. The summed E-state index contributed by atoms with van der Waals surface area (Å²) in [6.45, 7) is 11.0. The van der Waals surface area contributed by atoms with Gasteiger partial charge < -0.3 is 58.5 Å². The number of nitrogens with zero attached hydrogens (tertiary/aromatic N) is 2. The summed E-state index contributed by atoms with van der Waals surface area (Å²) in [5.74, 6) is -8.09. The molecule has 2 bridgehead atoms. The molecule has 85 heavy (non-hydrogen) atoms. The normalized spacial score (nSPS) is 28.9. The van der Waals surface area contributed by atoms with Crippen molar-refractivity contribution in [2.75, 3.05) is 32.8 Å². The summed E-state index contributed by atoms with van der Waals surface area (Å²) in [4.78, 5) is 119. The van der Waals surface area contributed by atoms with Gasteiger partial charge in [0.2, 0.25) is 6.10 Å². The predicted octanol–water partition coefficient (Wildman–Crippen LogP) is 7.05. The number of esters is 5. The van der Waals surface area contributed by atoms with E-state index < -0.39 is 125 Å². The first-order valence-electron chi connectivity index (χ1n) is 29.1. The van der Waals surface area contributed by atoms with Crippen molar-refractivity contribution in [3.63, 3.8) is 0 Å². The number of amides is 2. The number of carbonyl (C=O) groups excluding carboxylic acids is 8. The van der Waals surface area contributed by atoms with E-state index in [0.29, 0.717) is 24.7 Å². The first-order valence-corrected chi connectivity index (χ1v) is 29.1. The largest absolute Gasteiger partial charge is 0.455 e. The molecule has 2 saturated carbocycles. The minimum Gasteiger partial charge on any atom is -0.455 e. The fraction of sp³-hybridized carbons (Fsp3) is 0.477. The van der Waals surface area contributed by atoms with Crippen LogP contribution in [0.5, 0.6) is 5.75 Å². The number of carbonyl (C=O) groups is 8. The van der Waals surface area contributed by atoms with Crippen LogP contribution in [0.1, 0.15) is 129 Å². The molecule has 11 atom stereocenters. The molecular weight excluding hydrogens is 1090 g/mol. The third-order valence-corrected chi connectivity index (χ3v) is 18.6. The number of hydrogen-bond acceptors (Lipinski definition) is 18. The van der Waals surface area contributed by atoms with E-state index in [2.05, 4.69) is 10.2 Å². The number of ketones is 1. The van der Waals surface area contributed by atoms with Crippen LogP contribution in [0.2, 0.25) is 0 Å². The number of nitrogens with one attached hydrogen (secondary N) is 1. The summed E-state index contributed by atoms with van der Waals surface area (Å²) >= 11 is 0. The Balaban J connectivity index is 1.03. The predicted molar refractivity (Wildman–Crippen MR) is 303 cm³/mol. The second kappa shape index (κ2) is 24.3. The van der Waals surface area contributed by atoms with Gasteiger partial charge in [0.25, 0.3) is 5.91 Å². The molecule has 0 radical (unpaired) electrons. The van der Waals surface area contributed by atoms with Gasteiger partial charge >= 0.3 is 35.9 Å². The SMILES string of the molecule is CC(=O)O[C@H]1C(=O)[C@@]2(C)[C@H]([C@H](OC(=O)c3ccccc3)[C@]3(O)C[C@H](OC(=O)[C@H](OC(=O)c4ccc(OC(=O)N5CCC(N6CCCCC6)CC5)cc4)[C@@H](NC(=O)c4ccccc4)c4ccccc4)C(C)=C1C3(C)C)[C@]1(OC(C)=O)CO[C@@H]1C[C@@H]2O. The van der Waals surface area contributed by atoms with Gasteiger partial charge in [0.05, 0.1) is 35.2 Å². The Hall–Kier alpha value is -7.78. The van der Waals surface area contributed by atoms with Gasteiger partial charge in [-0.15, -0.1) is 0 Å². The molecule has 0 aromatic heterocycles. The number of Topliss-reactive ketones (excluding diaryl/α,β-unsaturated/α-hetero) is 1. The van der Waals surface area contributed by atoms with E-state index in [1.165, 1.54) is 69.5 Å². The minimum absolute atomic E-state index is 0.0326. The zero-order chi connectivity index (χ0) is 60.6. The maximum Gasteiger partial charge on any atom is 0.415 e. The van der Waals surface area contributed by atoms with Crippen LogP contribution in [0.4, 0.5) is 4.79 Å². The third kappa shape index (κ3) is 11.5. The number of aliphatic hydroxyl groups is 2. The topological polar surface area (TPSA) is 260 Å². The van der Waals surface area contributed by atoms with Crippen LogP contribution in [0.3, 0.4) is 0 Å². The molecule has 0 spiro atoms. The van der Waals surface area contributed by atoms with Crippen molar-refractivity contribution in [2.45, 2.75) is 146 Å². The van der Waals surface area contributed by atoms with E-state index in [1.807, 2.05) is 0 Å². The number of ether oxygens (including phenoxy) is 7. The number of piperidine rings is 2. The zero-order valence-corrected chi connectivity index (χ0v) is 48.6. The molecule has 3 N–H and O–H groups in total. The maximum absolute atomic E-state index is 15.9. The van der Waals surface area contributed by atoms with E-state index in [0.717, 1.165) is 39.8 Å². The first kappa shape index (κ1) is 60.3. The van der Waals surface area contributed by atoms with Gasteiger partial charge in [0, 0.05) is 56.8 Å². The Labute approximate surface area is 493 Å². The lowest BCUT2D eigenvalue weighted by molar-refractivity contribution is -0.346. The Morgan fingerprint density at radius 1 is 0.718 bits per heavy atom. The average molecular weight is 1170 g/mol. The number of likely N-dealkylation sites (tertiary alicyclic amines) is 2. The van der Waals surface area contributed by atoms with Crippen molar-refractivity contribution in [3.8, 4) is 5.75 Å². The van der Waals surface area contributed by atoms with Crippen LogP contribution in [0, 0.1) is 16.7 Å². The Morgan fingerprint density at radius 3 is 1.91 bits per heavy atom. The molecule has 5 fully saturated rings. The van der Waals surface area contributed by atoms with E-state index in [1.54, 1.807) is 97.6 Å². The second-order valence-corrected chi connectivity index (χ2v) is 23.9. The van der Waals surface area contributed by atoms with Gasteiger partial charge in [-0.25, -0.2) is 19.2 Å². The molecule has 3 aliphatic carbocycles. The molecule has 0 unspecified atom stereocenters. The lowest BCUT2D eigenvalue weighted by Gasteiger charge is -2.67. The highest BCUT2D eigenvalue weighted by atomic mass is 16.6. The molecule has 3 heterocycles. The number of rotatable bonds is 14. The standard InChI is InChI=1S/C65H73N3O17/c1-38-47(36-65(78)56(84-59(75)43-23-15-9-16-24-43)54-63(6,48(71)35-49-64(54,37-79-49)85-40(3)70)55(72)52(80-39(2)69)50(38)62(65,4)5)82-60(76)53(51(41-19-11-7-12-20-41)66-57(73)42-21-13-8-14-22-42)83-58(74)44-25-27-46(28-26-44)81-61(77)68-33-29-45(30-34-68)67-31-17-10-18-32-67/h7-9,11-16,19-28,45,47-49,51-54,56,71,78H,10,17-18,29-37H2,1-6H3,(H,66,73)/t47-,48-,49+,51-,52+,53+,54-,56-,63+,64-,65+/m0/s1. The third-order valence-electron chi connectivity index (χ3n) is 18.6. The van der Waals surface area contributed by atoms with Crippen LogP contribution < -0.4 is 10.1 Å². The monoisotopic (exact) mass is 1170 g/mol. The summed E-state index contributed by atoms with van der Waals surface area (Å²) in [7, 11) is 0. The van der Waals surface area contributed by atoms with Crippen molar-refractivity contribution in [1.29, 1.82) is 0 Å². The Bertz CT molecular complexity index is 3220. The van der Waals surface area contributed by atoms with Crippen LogP contribution in [0.15, 0.2) is 126 Å². The lowest BCUT2D eigenvalue weighted by atomic mass is 9.44. The zero-order valence-electron chi connectivity index (χ0n) is 48.6. The van der Waals surface area contributed by atoms with Crippen molar-refractivity contribution in [1.82, 2.24) is 15.1 Å². The average Bonchev–Trinajstić information content (AvgIpc) is 0.686. The summed E-state index contributed by atoms with van der Waals surface area (Å²) < 4.78 is 43.1. The van der Waals surface area contributed by atoms with E-state index >= 15 is 9.59 Å². The molecular formula is C65H73N3O17. The highest BCUT2D eigenvalue weighted by Gasteiger charge is 2.78. The number of fused-ring (bicyclic) bond motifs is 5. The first-order chi connectivity index (χ1) is 40.6. The van der Waals surface area contributed by atoms with Crippen LogP contribution in [0.25, 0.3) is 0 Å². The fourth-order valence-electron chi connectivity index (χ4n) is 14.0. The maximum atomic E-state index is 15.9. The van der Waals surface area contributed by atoms with Crippen LogP contribution in [-0.2, 0) is 47.6 Å². The van der Waals surface area contributed by atoms with Gasteiger partial charge in [-0.05, 0) is 118 Å². The molecule has 20 nitrogen and oxygen atoms in total. The van der Waals surface area contributed by atoms with Gasteiger partial charge in [0.15, 0.2) is 17.5 Å². The molecule has 6 aliphatic rings. The molecule has 4 aromatic carbocycles. The quantitative estimate of drug-likeness (QED) is 0.0649. The van der Waals surface area contributed by atoms with Crippen molar-refractivity contribution in [2.24, 2.45) is 16.7 Å². The van der Waals surface area contributed by atoms with Crippen LogP contribution >= 0.6 is 0 Å². The molecule has 450 valence electrons. The van der Waals surface area contributed by atoms with Gasteiger partial charge in [-0.3, -0.25) is 19.2 Å². The van der Waals surface area contributed by atoms with Crippen molar-refractivity contribution >= 4 is 47.6 Å². The second-order valence-electron chi connectivity index (χ2n) is 23.9. The van der Waals surface area contributed by atoms with Gasteiger partial charge in [0.1, 0.15) is 35.7 Å². The molecule has 3 aliphatic heterocycles. The molecule has 4 aromatic rings.